The third-order valence-corrected chi connectivity index (χ3v) is 7.77. The Morgan fingerprint density at radius 3 is 1.05 bits per heavy atom. The van der Waals surface area contributed by atoms with Crippen molar-refractivity contribution in [3.8, 4) is 12.3 Å². The molecule has 0 heterocycles. The predicted octanol–water partition coefficient (Wildman–Crippen LogP) is 12.6. The van der Waals surface area contributed by atoms with Crippen LogP contribution in [0.25, 0.3) is 0 Å². The Hall–Kier alpha value is -1.26. The largest absolute Gasteiger partial charge is 0.380 e. The molecule has 0 aliphatic rings. The summed E-state index contributed by atoms with van der Waals surface area (Å²) in [7, 11) is 0. The van der Waals surface area contributed by atoms with Crippen LogP contribution >= 0.6 is 0 Å². The van der Waals surface area contributed by atoms with E-state index in [1.54, 1.807) is 0 Å². The van der Waals surface area contributed by atoms with Crippen molar-refractivity contribution in [3.05, 3.63) is 36.5 Å². The van der Waals surface area contributed by atoms with E-state index in [1.807, 2.05) is 0 Å². The first-order chi connectivity index (χ1) is 19.3. The quantitative estimate of drug-likeness (QED) is 0.0526. The molecule has 1 atom stereocenters. The van der Waals surface area contributed by atoms with Gasteiger partial charge in [0.25, 0.3) is 0 Å². The van der Waals surface area contributed by atoms with Crippen molar-refractivity contribution < 1.29 is 5.11 Å². The van der Waals surface area contributed by atoms with Gasteiger partial charge in [0.15, 0.2) is 0 Å². The fourth-order valence-electron chi connectivity index (χ4n) is 5.12. The molecule has 39 heavy (non-hydrogen) atoms. The summed E-state index contributed by atoms with van der Waals surface area (Å²) < 4.78 is 0. The van der Waals surface area contributed by atoms with Gasteiger partial charge in [0.05, 0.1) is 0 Å². The standard InChI is InChI=1S/C38H68O/c1-3-5-6-7-8-9-10-11-12-13-14-15-16-17-18-19-20-21-22-23-24-25-26-27-28-29-30-31-32-33-34-35-36-37-38(39)4-2/h2,19-20,23-24,27-28,38-39H,3,5-18,21-22,25-26,29-37H2,1H3/b20-19-,24-23-,28-27-/t38-/m0/s1. The molecule has 1 N–H and O–H groups in total. The van der Waals surface area contributed by atoms with Gasteiger partial charge >= 0.3 is 0 Å². The van der Waals surface area contributed by atoms with Crippen LogP contribution in [-0.2, 0) is 0 Å². The minimum atomic E-state index is -0.539. The molecule has 0 radical (unpaired) electrons. The van der Waals surface area contributed by atoms with Crippen molar-refractivity contribution in [3.63, 3.8) is 0 Å². The van der Waals surface area contributed by atoms with Crippen LogP contribution in [0.3, 0.4) is 0 Å². The molecule has 0 aliphatic heterocycles. The molecule has 1 heteroatoms. The summed E-state index contributed by atoms with van der Waals surface area (Å²) in [6.07, 6.45) is 55.8. The third-order valence-electron chi connectivity index (χ3n) is 7.77. The molecule has 0 saturated heterocycles. The Morgan fingerprint density at radius 1 is 0.436 bits per heavy atom. The van der Waals surface area contributed by atoms with E-state index in [0.29, 0.717) is 0 Å². The minimum Gasteiger partial charge on any atom is -0.380 e. The molecule has 1 nitrogen and oxygen atoms in total. The maximum absolute atomic E-state index is 9.32. The average Bonchev–Trinajstić information content (AvgIpc) is 2.95. The molecule has 0 aliphatic carbocycles. The van der Waals surface area contributed by atoms with Crippen LogP contribution in [-0.4, -0.2) is 11.2 Å². The first-order valence-electron chi connectivity index (χ1n) is 17.4. The molecule has 0 spiro atoms. The van der Waals surface area contributed by atoms with Gasteiger partial charge in [0.2, 0.25) is 0 Å². The Kier molecular flexibility index (Phi) is 33.6. The second-order valence-electron chi connectivity index (χ2n) is 11.7. The van der Waals surface area contributed by atoms with Gasteiger partial charge in [-0.15, -0.1) is 6.42 Å². The Bertz CT molecular complexity index is 578. The fraction of sp³-hybridized carbons (Fsp3) is 0.789. The smallest absolute Gasteiger partial charge is 0.114 e. The first-order valence-corrected chi connectivity index (χ1v) is 17.4. The van der Waals surface area contributed by atoms with Gasteiger partial charge in [0, 0.05) is 0 Å². The monoisotopic (exact) mass is 541 g/mol. The molecule has 0 saturated carbocycles. The van der Waals surface area contributed by atoms with Crippen LogP contribution < -0.4 is 0 Å². The highest BCUT2D eigenvalue weighted by Crippen LogP contribution is 2.14. The zero-order valence-electron chi connectivity index (χ0n) is 26.4. The number of terminal acetylenes is 1. The zero-order valence-corrected chi connectivity index (χ0v) is 26.4. The summed E-state index contributed by atoms with van der Waals surface area (Å²) in [6.45, 7) is 2.30. The summed E-state index contributed by atoms with van der Waals surface area (Å²) in [5.74, 6) is 2.38. The first kappa shape index (κ1) is 37.7. The molecule has 0 aromatic rings. The van der Waals surface area contributed by atoms with Crippen LogP contribution in [0.1, 0.15) is 187 Å². The minimum absolute atomic E-state index is 0.539. The van der Waals surface area contributed by atoms with Crippen molar-refractivity contribution in [2.75, 3.05) is 0 Å². The molecular formula is C38H68O. The van der Waals surface area contributed by atoms with Crippen LogP contribution in [0.2, 0.25) is 0 Å². The van der Waals surface area contributed by atoms with Crippen molar-refractivity contribution in [1.29, 1.82) is 0 Å². The van der Waals surface area contributed by atoms with Gasteiger partial charge in [-0.25, -0.2) is 0 Å². The third kappa shape index (κ3) is 34.7. The molecule has 226 valence electrons. The SMILES string of the molecule is C#C[C@H](O)CCCCCCCCC/C=C\CC/C=C\CC/C=C\CCCCCCCCCCCCCCCC. The zero-order chi connectivity index (χ0) is 28.3. The number of allylic oxidation sites excluding steroid dienone is 6. The maximum Gasteiger partial charge on any atom is 0.114 e. The van der Waals surface area contributed by atoms with Gasteiger partial charge in [-0.1, -0.05) is 165 Å². The van der Waals surface area contributed by atoms with E-state index in [1.165, 1.54) is 167 Å². The van der Waals surface area contributed by atoms with E-state index in [4.69, 9.17) is 6.42 Å². The highest BCUT2D eigenvalue weighted by Gasteiger charge is 1.98. The second-order valence-corrected chi connectivity index (χ2v) is 11.7. The highest BCUT2D eigenvalue weighted by molar-refractivity contribution is 4.93. The average molecular weight is 541 g/mol. The van der Waals surface area contributed by atoms with E-state index in [0.717, 1.165) is 12.8 Å². The predicted molar refractivity (Wildman–Crippen MR) is 177 cm³/mol. The molecule has 0 unspecified atom stereocenters. The highest BCUT2D eigenvalue weighted by atomic mass is 16.3. The summed E-state index contributed by atoms with van der Waals surface area (Å²) in [5, 5.41) is 9.32. The molecule has 0 aromatic carbocycles. The van der Waals surface area contributed by atoms with E-state index in [9.17, 15) is 5.11 Å². The van der Waals surface area contributed by atoms with E-state index >= 15 is 0 Å². The van der Waals surface area contributed by atoms with Gasteiger partial charge in [-0.05, 0) is 64.2 Å². The summed E-state index contributed by atoms with van der Waals surface area (Å²) >= 11 is 0. The summed E-state index contributed by atoms with van der Waals surface area (Å²) in [5.41, 5.74) is 0. The van der Waals surface area contributed by atoms with Gasteiger partial charge in [0.1, 0.15) is 6.10 Å². The van der Waals surface area contributed by atoms with Crippen molar-refractivity contribution in [2.45, 2.75) is 193 Å². The Balaban J connectivity index is 3.23. The summed E-state index contributed by atoms with van der Waals surface area (Å²) in [4.78, 5) is 0. The molecule has 0 rings (SSSR count). The summed E-state index contributed by atoms with van der Waals surface area (Å²) in [6, 6.07) is 0. The maximum atomic E-state index is 9.32. The topological polar surface area (TPSA) is 20.2 Å². The number of aliphatic hydroxyl groups excluding tert-OH is 1. The lowest BCUT2D eigenvalue weighted by Gasteiger charge is -2.03. The van der Waals surface area contributed by atoms with Gasteiger partial charge in [-0.2, -0.15) is 0 Å². The lowest BCUT2D eigenvalue weighted by atomic mass is 10.0. The fourth-order valence-corrected chi connectivity index (χ4v) is 5.12. The van der Waals surface area contributed by atoms with Crippen LogP contribution in [0.4, 0.5) is 0 Å². The molecule has 0 amide bonds. The van der Waals surface area contributed by atoms with Crippen LogP contribution in [0, 0.1) is 12.3 Å². The number of hydrogen-bond acceptors (Lipinski definition) is 1. The van der Waals surface area contributed by atoms with Crippen LogP contribution in [0.15, 0.2) is 36.5 Å². The lowest BCUT2D eigenvalue weighted by molar-refractivity contribution is 0.217. The van der Waals surface area contributed by atoms with Gasteiger partial charge in [-0.3, -0.25) is 0 Å². The van der Waals surface area contributed by atoms with E-state index in [2.05, 4.69) is 49.3 Å². The number of unbranched alkanes of at least 4 members (excludes halogenated alkanes) is 23. The van der Waals surface area contributed by atoms with Crippen molar-refractivity contribution in [2.24, 2.45) is 0 Å². The number of aliphatic hydroxyl groups is 1. The second kappa shape index (κ2) is 34.8. The molecule has 0 fully saturated rings. The molecule has 0 bridgehead atoms. The number of hydrogen-bond donors (Lipinski definition) is 1. The van der Waals surface area contributed by atoms with Crippen LogP contribution in [0.5, 0.6) is 0 Å². The number of rotatable bonds is 31. The molecule has 0 aromatic heterocycles. The lowest BCUT2D eigenvalue weighted by Crippen LogP contribution is -2.01. The normalized spacial score (nSPS) is 12.7. The Morgan fingerprint density at radius 2 is 0.718 bits per heavy atom. The molecular weight excluding hydrogens is 472 g/mol. The van der Waals surface area contributed by atoms with Gasteiger partial charge < -0.3 is 5.11 Å². The van der Waals surface area contributed by atoms with Crippen molar-refractivity contribution in [1.82, 2.24) is 0 Å². The van der Waals surface area contributed by atoms with Crippen molar-refractivity contribution >= 4 is 0 Å². The van der Waals surface area contributed by atoms with E-state index < -0.39 is 6.10 Å². The van der Waals surface area contributed by atoms with E-state index in [-0.39, 0.29) is 0 Å². The Labute approximate surface area is 246 Å².